The van der Waals surface area contributed by atoms with E-state index in [1.54, 1.807) is 29.2 Å². The summed E-state index contributed by atoms with van der Waals surface area (Å²) in [5, 5.41) is 4.65. The maximum absolute atomic E-state index is 12.1. The van der Waals surface area contributed by atoms with Crippen LogP contribution in [0.4, 0.5) is 0 Å². The van der Waals surface area contributed by atoms with E-state index in [9.17, 15) is 4.79 Å². The van der Waals surface area contributed by atoms with Crippen LogP contribution in [0.1, 0.15) is 22.0 Å². The molecule has 3 aromatic rings. The summed E-state index contributed by atoms with van der Waals surface area (Å²) in [6, 6.07) is 8.67. The van der Waals surface area contributed by atoms with Crippen molar-refractivity contribution in [2.75, 3.05) is 0 Å². The summed E-state index contributed by atoms with van der Waals surface area (Å²) in [7, 11) is 0. The van der Waals surface area contributed by atoms with E-state index in [1.807, 2.05) is 12.1 Å². The second kappa shape index (κ2) is 6.44. The van der Waals surface area contributed by atoms with Gasteiger partial charge in [0.15, 0.2) is 0 Å². The van der Waals surface area contributed by atoms with E-state index in [2.05, 4.69) is 10.1 Å². The van der Waals surface area contributed by atoms with Crippen LogP contribution in [0, 0.1) is 0 Å². The molecule has 0 aliphatic carbocycles. The smallest absolute Gasteiger partial charge is 0.342 e. The number of benzene rings is 1. The van der Waals surface area contributed by atoms with Gasteiger partial charge in [0.25, 0.3) is 0 Å². The molecule has 0 aliphatic rings. The Kier molecular flexibility index (Phi) is 4.20. The highest BCUT2D eigenvalue weighted by Crippen LogP contribution is 2.23. The zero-order valence-corrected chi connectivity index (χ0v) is 12.2. The van der Waals surface area contributed by atoms with Crippen molar-refractivity contribution in [1.82, 2.24) is 14.8 Å². The van der Waals surface area contributed by atoms with E-state index in [-0.39, 0.29) is 0 Å². The third kappa shape index (κ3) is 3.35. The maximum Gasteiger partial charge on any atom is 0.342 e. The first-order valence-corrected chi connectivity index (χ1v) is 6.91. The third-order valence-electron chi connectivity index (χ3n) is 3.07. The Hall–Kier alpha value is -2.60. The molecule has 0 bridgehead atoms. The molecule has 3 rings (SSSR count). The third-order valence-corrected chi connectivity index (χ3v) is 3.32. The van der Waals surface area contributed by atoms with Crippen molar-refractivity contribution >= 4 is 17.6 Å². The fraction of sp³-hybridized carbons (Fsp3) is 0.133. The van der Waals surface area contributed by atoms with Crippen LogP contribution in [0.25, 0.3) is 0 Å². The molecule has 0 N–H and O–H groups in total. The number of carbonyl (C=O) groups excluding carboxylic acids is 1. The van der Waals surface area contributed by atoms with E-state index in [0.717, 1.165) is 5.56 Å². The summed E-state index contributed by atoms with van der Waals surface area (Å²) in [6.45, 7) is 0.352. The Morgan fingerprint density at radius 3 is 2.77 bits per heavy atom. The van der Waals surface area contributed by atoms with Crippen LogP contribution < -0.4 is 0 Å². The van der Waals surface area contributed by atoms with Crippen molar-refractivity contribution in [3.63, 3.8) is 0 Å². The molecule has 0 amide bonds. The van der Waals surface area contributed by atoms with Gasteiger partial charge in [-0.2, -0.15) is 5.10 Å². The minimum atomic E-state index is -0.513. The molecule has 7 heteroatoms. The van der Waals surface area contributed by atoms with E-state index in [0.29, 0.717) is 17.1 Å². The van der Waals surface area contributed by atoms with E-state index in [4.69, 9.17) is 20.8 Å². The number of hydrogen-bond acceptors (Lipinski definition) is 5. The molecule has 0 saturated carbocycles. The predicted octanol–water partition coefficient (Wildman–Crippen LogP) is 3.12. The second-order valence-electron chi connectivity index (χ2n) is 4.58. The van der Waals surface area contributed by atoms with Crippen LogP contribution in [0.15, 0.2) is 59.9 Å². The van der Waals surface area contributed by atoms with Gasteiger partial charge in [-0.1, -0.05) is 23.7 Å². The zero-order chi connectivity index (χ0) is 15.4. The standard InChI is InChI=1S/C15H12ClN3O3/c16-13-3-1-11(2-4-13)14(7-19-10-17-9-18-19)22-15(20)12-5-6-21-8-12/h1-6,8-10,14H,7H2/t14-/m1/s1. The van der Waals surface area contributed by atoms with E-state index < -0.39 is 12.1 Å². The second-order valence-corrected chi connectivity index (χ2v) is 5.01. The quantitative estimate of drug-likeness (QED) is 0.676. The summed E-state index contributed by atoms with van der Waals surface area (Å²) < 4.78 is 12.1. The fourth-order valence-electron chi connectivity index (χ4n) is 1.96. The minimum Gasteiger partial charge on any atom is -0.472 e. The number of carbonyl (C=O) groups is 1. The normalized spacial score (nSPS) is 12.0. The summed E-state index contributed by atoms with van der Waals surface area (Å²) in [5.41, 5.74) is 1.18. The number of hydrogen-bond donors (Lipinski definition) is 0. The number of halogens is 1. The van der Waals surface area contributed by atoms with Gasteiger partial charge < -0.3 is 9.15 Å². The Morgan fingerprint density at radius 1 is 1.32 bits per heavy atom. The average Bonchev–Trinajstić information content (AvgIpc) is 3.21. The van der Waals surface area contributed by atoms with Gasteiger partial charge in [-0.15, -0.1) is 0 Å². The number of rotatable bonds is 5. The lowest BCUT2D eigenvalue weighted by Crippen LogP contribution is -2.17. The van der Waals surface area contributed by atoms with Crippen molar-refractivity contribution in [2.24, 2.45) is 0 Å². The largest absolute Gasteiger partial charge is 0.472 e. The lowest BCUT2D eigenvalue weighted by Gasteiger charge is -2.18. The van der Waals surface area contributed by atoms with E-state index in [1.165, 1.54) is 18.9 Å². The molecular weight excluding hydrogens is 306 g/mol. The van der Waals surface area contributed by atoms with Crippen LogP contribution >= 0.6 is 11.6 Å². The molecule has 1 aromatic carbocycles. The molecule has 0 radical (unpaired) electrons. The van der Waals surface area contributed by atoms with Crippen LogP contribution in [0.5, 0.6) is 0 Å². The van der Waals surface area contributed by atoms with Crippen molar-refractivity contribution in [1.29, 1.82) is 0 Å². The topological polar surface area (TPSA) is 70.2 Å². The molecule has 112 valence electrons. The van der Waals surface area contributed by atoms with Gasteiger partial charge >= 0.3 is 5.97 Å². The lowest BCUT2D eigenvalue weighted by molar-refractivity contribution is 0.0246. The van der Waals surface area contributed by atoms with Crippen LogP contribution in [-0.2, 0) is 11.3 Å². The first-order valence-electron chi connectivity index (χ1n) is 6.53. The number of furan rings is 1. The summed E-state index contributed by atoms with van der Waals surface area (Å²) >= 11 is 5.90. The van der Waals surface area contributed by atoms with Gasteiger partial charge in [0, 0.05) is 5.02 Å². The Bertz CT molecular complexity index is 724. The molecular formula is C15H12ClN3O3. The molecule has 0 fully saturated rings. The first kappa shape index (κ1) is 14.3. The van der Waals surface area contributed by atoms with Gasteiger partial charge in [-0.25, -0.2) is 14.5 Å². The zero-order valence-electron chi connectivity index (χ0n) is 11.4. The number of nitrogens with zero attached hydrogens (tertiary/aromatic N) is 3. The molecule has 0 unspecified atom stereocenters. The van der Waals surface area contributed by atoms with Crippen molar-refractivity contribution < 1.29 is 13.9 Å². The summed E-state index contributed by atoms with van der Waals surface area (Å²) in [6.07, 6.45) is 5.24. The van der Waals surface area contributed by atoms with Crippen LogP contribution in [-0.4, -0.2) is 20.7 Å². The Balaban J connectivity index is 1.82. The van der Waals surface area contributed by atoms with Crippen molar-refractivity contribution in [2.45, 2.75) is 12.6 Å². The average molecular weight is 318 g/mol. The van der Waals surface area contributed by atoms with Crippen LogP contribution in [0.3, 0.4) is 0 Å². The summed E-state index contributed by atoms with van der Waals surface area (Å²) in [4.78, 5) is 16.0. The van der Waals surface area contributed by atoms with Gasteiger partial charge in [0.1, 0.15) is 25.0 Å². The highest BCUT2D eigenvalue weighted by atomic mass is 35.5. The highest BCUT2D eigenvalue weighted by molar-refractivity contribution is 6.30. The highest BCUT2D eigenvalue weighted by Gasteiger charge is 2.20. The van der Waals surface area contributed by atoms with Crippen LogP contribution in [0.2, 0.25) is 5.02 Å². The Labute approximate surface area is 131 Å². The molecule has 6 nitrogen and oxygen atoms in total. The van der Waals surface area contributed by atoms with Gasteiger partial charge in [-0.3, -0.25) is 0 Å². The van der Waals surface area contributed by atoms with Gasteiger partial charge in [-0.05, 0) is 23.8 Å². The molecule has 0 aliphatic heterocycles. The monoisotopic (exact) mass is 317 g/mol. The molecule has 1 atom stereocenters. The predicted molar refractivity (Wildman–Crippen MR) is 78.3 cm³/mol. The molecule has 22 heavy (non-hydrogen) atoms. The van der Waals surface area contributed by atoms with E-state index >= 15 is 0 Å². The molecule has 0 spiro atoms. The summed E-state index contributed by atoms with van der Waals surface area (Å²) in [5.74, 6) is -0.464. The SMILES string of the molecule is O=C(O[C@H](Cn1cncn1)c1ccc(Cl)cc1)c1ccoc1. The minimum absolute atomic E-state index is 0.352. The molecule has 2 heterocycles. The maximum atomic E-state index is 12.1. The number of esters is 1. The number of aromatic nitrogens is 3. The Morgan fingerprint density at radius 2 is 2.14 bits per heavy atom. The lowest BCUT2D eigenvalue weighted by atomic mass is 10.1. The molecule has 0 saturated heterocycles. The fourth-order valence-corrected chi connectivity index (χ4v) is 2.09. The number of ether oxygens (including phenoxy) is 1. The first-order chi connectivity index (χ1) is 10.7. The van der Waals surface area contributed by atoms with Crippen molar-refractivity contribution in [3.8, 4) is 0 Å². The van der Waals surface area contributed by atoms with Gasteiger partial charge in [0.05, 0.1) is 18.4 Å². The van der Waals surface area contributed by atoms with Gasteiger partial charge in [0.2, 0.25) is 0 Å². The van der Waals surface area contributed by atoms with Crippen molar-refractivity contribution in [3.05, 3.63) is 71.7 Å². The molecule has 2 aromatic heterocycles.